The summed E-state index contributed by atoms with van der Waals surface area (Å²) in [6.07, 6.45) is 0.679. The van der Waals surface area contributed by atoms with Crippen LogP contribution in [-0.4, -0.2) is 19.2 Å². The fourth-order valence-electron chi connectivity index (χ4n) is 1.95. The lowest BCUT2D eigenvalue weighted by atomic mass is 10.2. The van der Waals surface area contributed by atoms with Gasteiger partial charge in [-0.05, 0) is 49.2 Å². The van der Waals surface area contributed by atoms with Crippen LogP contribution in [0.1, 0.15) is 12.0 Å². The molecule has 2 N–H and O–H groups in total. The number of benzene rings is 2. The molecule has 23 heavy (non-hydrogen) atoms. The molecule has 2 amide bonds. The van der Waals surface area contributed by atoms with Crippen LogP contribution in [0.4, 0.5) is 10.5 Å². The third kappa shape index (κ3) is 5.66. The molecule has 0 unspecified atom stereocenters. The van der Waals surface area contributed by atoms with Crippen LogP contribution in [0.15, 0.2) is 42.5 Å². The largest absolute Gasteiger partial charge is 0.492 e. The zero-order chi connectivity index (χ0) is 16.7. The number of amides is 2. The van der Waals surface area contributed by atoms with Gasteiger partial charge in [0.15, 0.2) is 0 Å². The van der Waals surface area contributed by atoms with Crippen LogP contribution in [-0.2, 0) is 0 Å². The Morgan fingerprint density at radius 3 is 2.70 bits per heavy atom. The first-order valence-electron chi connectivity index (χ1n) is 7.24. The molecule has 0 bridgehead atoms. The molecule has 2 aromatic carbocycles. The predicted molar refractivity (Wildman–Crippen MR) is 94.8 cm³/mol. The molecule has 0 atom stereocenters. The Morgan fingerprint density at radius 2 is 1.96 bits per heavy atom. The summed E-state index contributed by atoms with van der Waals surface area (Å²) >= 11 is 11.9. The van der Waals surface area contributed by atoms with Gasteiger partial charge < -0.3 is 15.4 Å². The molecule has 0 aliphatic rings. The molecule has 0 aliphatic carbocycles. The van der Waals surface area contributed by atoms with Gasteiger partial charge in [0, 0.05) is 17.3 Å². The number of aryl methyl sites for hydroxylation is 1. The number of carbonyl (C=O) groups excluding carboxylic acids is 1. The second-order valence-electron chi connectivity index (χ2n) is 4.97. The van der Waals surface area contributed by atoms with E-state index >= 15 is 0 Å². The summed E-state index contributed by atoms with van der Waals surface area (Å²) in [5, 5.41) is 6.79. The van der Waals surface area contributed by atoms with Gasteiger partial charge in [0.1, 0.15) is 5.75 Å². The number of para-hydroxylation sites is 1. The number of urea groups is 1. The molecule has 0 saturated heterocycles. The summed E-state index contributed by atoms with van der Waals surface area (Å²) in [6, 6.07) is 12.4. The van der Waals surface area contributed by atoms with Gasteiger partial charge in [-0.1, -0.05) is 35.3 Å². The third-order valence-electron chi connectivity index (χ3n) is 3.14. The number of rotatable bonds is 6. The van der Waals surface area contributed by atoms with E-state index in [1.165, 1.54) is 0 Å². The molecule has 6 heteroatoms. The molecule has 0 aliphatic heterocycles. The van der Waals surface area contributed by atoms with Crippen molar-refractivity contribution in [2.75, 3.05) is 18.5 Å². The molecular weight excluding hydrogens is 335 g/mol. The smallest absolute Gasteiger partial charge is 0.319 e. The van der Waals surface area contributed by atoms with Crippen LogP contribution in [0, 0.1) is 6.92 Å². The Labute approximate surface area is 145 Å². The predicted octanol–water partition coefficient (Wildman–Crippen LogP) is 4.89. The van der Waals surface area contributed by atoms with Gasteiger partial charge in [-0.15, -0.1) is 0 Å². The summed E-state index contributed by atoms with van der Waals surface area (Å²) in [4.78, 5) is 11.8. The van der Waals surface area contributed by atoms with Crippen molar-refractivity contribution in [3.05, 3.63) is 58.1 Å². The lowest BCUT2D eigenvalue weighted by molar-refractivity contribution is 0.250. The second-order valence-corrected chi connectivity index (χ2v) is 5.82. The normalized spacial score (nSPS) is 10.2. The Bertz CT molecular complexity index is 677. The maximum absolute atomic E-state index is 11.8. The maximum atomic E-state index is 11.8. The summed E-state index contributed by atoms with van der Waals surface area (Å²) in [5.41, 5.74) is 1.65. The van der Waals surface area contributed by atoms with E-state index in [2.05, 4.69) is 10.6 Å². The van der Waals surface area contributed by atoms with Crippen molar-refractivity contribution in [3.63, 3.8) is 0 Å². The molecule has 2 aromatic rings. The van der Waals surface area contributed by atoms with Crippen molar-refractivity contribution in [2.24, 2.45) is 0 Å². The minimum Gasteiger partial charge on any atom is -0.492 e. The van der Waals surface area contributed by atoms with Crippen molar-refractivity contribution in [1.82, 2.24) is 5.32 Å². The van der Waals surface area contributed by atoms with Gasteiger partial charge in [0.2, 0.25) is 0 Å². The fourth-order valence-corrected chi connectivity index (χ4v) is 2.37. The summed E-state index contributed by atoms with van der Waals surface area (Å²) < 4.78 is 5.55. The highest BCUT2D eigenvalue weighted by atomic mass is 35.5. The van der Waals surface area contributed by atoms with Crippen LogP contribution in [0.3, 0.4) is 0 Å². The molecular formula is C17H18Cl2N2O2. The summed E-state index contributed by atoms with van der Waals surface area (Å²) in [7, 11) is 0. The molecule has 2 rings (SSSR count). The zero-order valence-corrected chi connectivity index (χ0v) is 14.2. The first-order valence-corrected chi connectivity index (χ1v) is 8.00. The number of anilines is 1. The zero-order valence-electron chi connectivity index (χ0n) is 12.7. The van der Waals surface area contributed by atoms with E-state index in [0.717, 1.165) is 11.3 Å². The first kappa shape index (κ1) is 17.4. The van der Waals surface area contributed by atoms with Crippen LogP contribution in [0.2, 0.25) is 10.0 Å². The fraction of sp³-hybridized carbons (Fsp3) is 0.235. The second kappa shape index (κ2) is 8.65. The van der Waals surface area contributed by atoms with Crippen molar-refractivity contribution < 1.29 is 9.53 Å². The van der Waals surface area contributed by atoms with Crippen molar-refractivity contribution >= 4 is 34.9 Å². The topological polar surface area (TPSA) is 50.4 Å². The van der Waals surface area contributed by atoms with Crippen molar-refractivity contribution in [1.29, 1.82) is 0 Å². The highest BCUT2D eigenvalue weighted by Gasteiger charge is 2.04. The van der Waals surface area contributed by atoms with Gasteiger partial charge in [0.25, 0.3) is 0 Å². The highest BCUT2D eigenvalue weighted by molar-refractivity contribution is 6.32. The van der Waals surface area contributed by atoms with Gasteiger partial charge in [-0.25, -0.2) is 4.79 Å². The quantitative estimate of drug-likeness (QED) is 0.727. The molecule has 0 fully saturated rings. The van der Waals surface area contributed by atoms with E-state index in [-0.39, 0.29) is 6.03 Å². The van der Waals surface area contributed by atoms with Crippen molar-refractivity contribution in [2.45, 2.75) is 13.3 Å². The highest BCUT2D eigenvalue weighted by Crippen LogP contribution is 2.23. The SMILES string of the molecule is Cc1cc(Cl)ccc1NC(=O)NCCCOc1ccccc1Cl. The first-order chi connectivity index (χ1) is 11.1. The van der Waals surface area contributed by atoms with Gasteiger partial charge in [-0.2, -0.15) is 0 Å². The number of nitrogens with one attached hydrogen (secondary N) is 2. The van der Waals surface area contributed by atoms with Gasteiger partial charge in [-0.3, -0.25) is 0 Å². The molecule has 0 spiro atoms. The van der Waals surface area contributed by atoms with Crippen LogP contribution in [0.5, 0.6) is 5.75 Å². The molecule has 122 valence electrons. The summed E-state index contributed by atoms with van der Waals surface area (Å²) in [5.74, 6) is 0.649. The van der Waals surface area contributed by atoms with Crippen LogP contribution < -0.4 is 15.4 Å². The average Bonchev–Trinajstić information content (AvgIpc) is 2.51. The minimum atomic E-state index is -0.256. The molecule has 0 radical (unpaired) electrons. The van der Waals surface area contributed by atoms with Crippen molar-refractivity contribution in [3.8, 4) is 5.75 Å². The monoisotopic (exact) mass is 352 g/mol. The lowest BCUT2D eigenvalue weighted by Crippen LogP contribution is -2.30. The van der Waals surface area contributed by atoms with Crippen LogP contribution in [0.25, 0.3) is 0 Å². The standard InChI is InChI=1S/C17H18Cl2N2O2/c1-12-11-13(18)7-8-15(12)21-17(22)20-9-4-10-23-16-6-3-2-5-14(16)19/h2-3,5-8,11H,4,9-10H2,1H3,(H2,20,21,22). The van der Waals surface area contributed by atoms with E-state index in [9.17, 15) is 4.79 Å². The van der Waals surface area contributed by atoms with E-state index in [1.807, 2.05) is 25.1 Å². The van der Waals surface area contributed by atoms with Crippen LogP contribution >= 0.6 is 23.2 Å². The van der Waals surface area contributed by atoms with E-state index in [1.54, 1.807) is 24.3 Å². The third-order valence-corrected chi connectivity index (χ3v) is 3.68. The average molecular weight is 353 g/mol. The number of hydrogen-bond donors (Lipinski definition) is 2. The lowest BCUT2D eigenvalue weighted by Gasteiger charge is -2.11. The van der Waals surface area contributed by atoms with Gasteiger partial charge in [0.05, 0.1) is 11.6 Å². The number of ether oxygens (including phenoxy) is 1. The maximum Gasteiger partial charge on any atom is 0.319 e. The molecule has 0 heterocycles. The number of halogens is 2. The minimum absolute atomic E-state index is 0.256. The Hall–Kier alpha value is -1.91. The number of hydrogen-bond acceptors (Lipinski definition) is 2. The Morgan fingerprint density at radius 1 is 1.17 bits per heavy atom. The summed E-state index contributed by atoms with van der Waals surface area (Å²) in [6.45, 7) is 2.87. The van der Waals surface area contributed by atoms with Gasteiger partial charge >= 0.3 is 6.03 Å². The van der Waals surface area contributed by atoms with E-state index in [4.69, 9.17) is 27.9 Å². The molecule has 0 saturated carbocycles. The molecule has 0 aromatic heterocycles. The van der Waals surface area contributed by atoms with E-state index < -0.39 is 0 Å². The Kier molecular flexibility index (Phi) is 6.56. The Balaban J connectivity index is 1.68. The number of carbonyl (C=O) groups is 1. The molecule has 4 nitrogen and oxygen atoms in total. The van der Waals surface area contributed by atoms with E-state index in [0.29, 0.717) is 35.4 Å².